The topological polar surface area (TPSA) is 81.1 Å². The number of fused-ring (bicyclic) bond motifs is 1. The van der Waals surface area contributed by atoms with Crippen LogP contribution in [-0.2, 0) is 16.2 Å². The summed E-state index contributed by atoms with van der Waals surface area (Å²) in [6.07, 6.45) is -4.73. The molecule has 0 aliphatic heterocycles. The molecular weight excluding hydrogens is 491 g/mol. The lowest BCUT2D eigenvalue weighted by molar-refractivity contribution is -0.137. The molecule has 1 N–H and O–H groups in total. The first-order chi connectivity index (χ1) is 15.9. The average molecular weight is 508 g/mol. The van der Waals surface area contributed by atoms with Gasteiger partial charge in [-0.15, -0.1) is 0 Å². The lowest BCUT2D eigenvalue weighted by Gasteiger charge is -2.16. The Hall–Kier alpha value is -3.37. The molecule has 0 bridgehead atoms. The van der Waals surface area contributed by atoms with E-state index in [1.165, 1.54) is 16.7 Å². The number of rotatable bonds is 4. The van der Waals surface area contributed by atoms with Crippen LogP contribution in [-0.4, -0.2) is 18.0 Å². The zero-order valence-electron chi connectivity index (χ0n) is 17.8. The molecule has 0 aliphatic rings. The second-order valence-electron chi connectivity index (χ2n) is 7.56. The summed E-state index contributed by atoms with van der Waals surface area (Å²) >= 11 is 5.89. The number of aryl methyl sites for hydroxylation is 2. The van der Waals surface area contributed by atoms with Crippen molar-refractivity contribution in [1.82, 2.24) is 9.55 Å². The van der Waals surface area contributed by atoms with Gasteiger partial charge in [0.2, 0.25) is 0 Å². The largest absolute Gasteiger partial charge is 0.416 e. The van der Waals surface area contributed by atoms with Crippen LogP contribution in [0.4, 0.5) is 18.9 Å². The molecule has 0 saturated heterocycles. The molecule has 11 heteroatoms. The average Bonchev–Trinajstić information content (AvgIpc) is 2.75. The van der Waals surface area contributed by atoms with Gasteiger partial charge in [0, 0.05) is 0 Å². The Bertz CT molecular complexity index is 1600. The molecule has 4 aromatic rings. The van der Waals surface area contributed by atoms with E-state index < -0.39 is 26.7 Å². The SMILES string of the molecule is Cc1cc(-n2c(C)nc3ccccc3c2=O)ccc1NS(=O)(=O)c1cc(C(F)(F)F)ccc1Cl. The first kappa shape index (κ1) is 23.8. The predicted molar refractivity (Wildman–Crippen MR) is 124 cm³/mol. The summed E-state index contributed by atoms with van der Waals surface area (Å²) in [5, 5.41) is 0.0777. The zero-order valence-corrected chi connectivity index (χ0v) is 19.4. The van der Waals surface area contributed by atoms with Crippen molar-refractivity contribution in [2.75, 3.05) is 4.72 Å². The van der Waals surface area contributed by atoms with Crippen molar-refractivity contribution in [3.8, 4) is 5.69 Å². The van der Waals surface area contributed by atoms with Gasteiger partial charge in [-0.2, -0.15) is 13.2 Å². The number of nitrogens with one attached hydrogen (secondary N) is 1. The van der Waals surface area contributed by atoms with Crippen molar-refractivity contribution in [3.05, 3.63) is 93.0 Å². The van der Waals surface area contributed by atoms with Crippen LogP contribution < -0.4 is 10.3 Å². The van der Waals surface area contributed by atoms with E-state index in [9.17, 15) is 26.4 Å². The van der Waals surface area contributed by atoms with E-state index >= 15 is 0 Å². The summed E-state index contributed by atoms with van der Waals surface area (Å²) in [6, 6.07) is 13.5. The molecule has 0 atom stereocenters. The van der Waals surface area contributed by atoms with Crippen LogP contribution in [0, 0.1) is 13.8 Å². The highest BCUT2D eigenvalue weighted by atomic mass is 35.5. The lowest BCUT2D eigenvalue weighted by Crippen LogP contribution is -2.22. The van der Waals surface area contributed by atoms with E-state index in [2.05, 4.69) is 9.71 Å². The molecule has 1 aromatic heterocycles. The number of halogens is 4. The van der Waals surface area contributed by atoms with E-state index in [0.717, 1.165) is 6.07 Å². The first-order valence-electron chi connectivity index (χ1n) is 9.87. The molecule has 0 unspecified atom stereocenters. The third-order valence-electron chi connectivity index (χ3n) is 5.20. The Labute approximate surface area is 197 Å². The van der Waals surface area contributed by atoms with Gasteiger partial charge in [-0.3, -0.25) is 14.1 Å². The zero-order chi connectivity index (χ0) is 24.8. The highest BCUT2D eigenvalue weighted by Crippen LogP contribution is 2.34. The van der Waals surface area contributed by atoms with Crippen molar-refractivity contribution >= 4 is 38.2 Å². The molecule has 176 valence electrons. The lowest BCUT2D eigenvalue weighted by atomic mass is 10.1. The molecule has 0 spiro atoms. The number of aromatic nitrogens is 2. The van der Waals surface area contributed by atoms with Crippen LogP contribution >= 0.6 is 11.6 Å². The van der Waals surface area contributed by atoms with Crippen molar-refractivity contribution in [2.45, 2.75) is 24.9 Å². The highest BCUT2D eigenvalue weighted by molar-refractivity contribution is 7.92. The van der Waals surface area contributed by atoms with Gasteiger partial charge in [-0.1, -0.05) is 23.7 Å². The number of alkyl halides is 3. The summed E-state index contributed by atoms with van der Waals surface area (Å²) in [5.74, 6) is 0.437. The van der Waals surface area contributed by atoms with Crippen LogP contribution in [0.15, 0.2) is 70.4 Å². The van der Waals surface area contributed by atoms with Crippen LogP contribution in [0.2, 0.25) is 5.02 Å². The number of anilines is 1. The number of hydrogen-bond acceptors (Lipinski definition) is 4. The maximum atomic E-state index is 13.1. The monoisotopic (exact) mass is 507 g/mol. The Kier molecular flexibility index (Phi) is 5.91. The summed E-state index contributed by atoms with van der Waals surface area (Å²) < 4.78 is 68.5. The summed E-state index contributed by atoms with van der Waals surface area (Å²) in [5.41, 5.74) is 0.147. The molecular formula is C23H17ClF3N3O3S. The standard InChI is InChI=1S/C23H17ClF3N3O3S/c1-13-11-16(30-14(2)28-20-6-4-3-5-17(20)22(30)31)8-10-19(13)29-34(32,33)21-12-15(23(25,26)27)7-9-18(21)24/h3-12,29H,1-2H3. The van der Waals surface area contributed by atoms with Gasteiger partial charge in [-0.25, -0.2) is 13.4 Å². The molecule has 4 rings (SSSR count). The molecule has 0 saturated carbocycles. The number of sulfonamides is 1. The third kappa shape index (κ3) is 4.38. The molecule has 0 aliphatic carbocycles. The van der Waals surface area contributed by atoms with Crippen molar-refractivity contribution in [3.63, 3.8) is 0 Å². The van der Waals surface area contributed by atoms with Gasteiger partial charge in [0.05, 0.1) is 32.9 Å². The van der Waals surface area contributed by atoms with Crippen molar-refractivity contribution < 1.29 is 21.6 Å². The molecule has 0 amide bonds. The quantitative estimate of drug-likeness (QED) is 0.397. The number of nitrogens with zero attached hydrogens (tertiary/aromatic N) is 2. The van der Waals surface area contributed by atoms with Gasteiger partial charge in [0.25, 0.3) is 15.6 Å². The Morgan fingerprint density at radius 2 is 1.71 bits per heavy atom. The second kappa shape index (κ2) is 8.44. The minimum Gasteiger partial charge on any atom is -0.279 e. The minimum absolute atomic E-state index is 0.122. The number of hydrogen-bond donors (Lipinski definition) is 1. The van der Waals surface area contributed by atoms with Crippen LogP contribution in [0.1, 0.15) is 17.0 Å². The number of para-hydroxylation sites is 1. The number of benzene rings is 3. The van der Waals surface area contributed by atoms with E-state index in [1.807, 2.05) is 0 Å². The van der Waals surface area contributed by atoms with E-state index in [0.29, 0.717) is 40.1 Å². The maximum Gasteiger partial charge on any atom is 0.416 e. The van der Waals surface area contributed by atoms with Crippen LogP contribution in [0.3, 0.4) is 0 Å². The smallest absolute Gasteiger partial charge is 0.279 e. The molecule has 6 nitrogen and oxygen atoms in total. The molecule has 0 radical (unpaired) electrons. The molecule has 1 heterocycles. The Morgan fingerprint density at radius 3 is 2.38 bits per heavy atom. The minimum atomic E-state index is -4.73. The molecule has 0 fully saturated rings. The third-order valence-corrected chi connectivity index (χ3v) is 7.05. The van der Waals surface area contributed by atoms with Crippen molar-refractivity contribution in [2.24, 2.45) is 0 Å². The molecule has 3 aromatic carbocycles. The van der Waals surface area contributed by atoms with Crippen molar-refractivity contribution in [1.29, 1.82) is 0 Å². The second-order valence-corrected chi connectivity index (χ2v) is 9.62. The maximum absolute atomic E-state index is 13.1. The Balaban J connectivity index is 1.74. The van der Waals surface area contributed by atoms with E-state index in [-0.39, 0.29) is 16.3 Å². The normalized spacial score (nSPS) is 12.2. The first-order valence-corrected chi connectivity index (χ1v) is 11.7. The predicted octanol–water partition coefficient (Wildman–Crippen LogP) is 5.48. The van der Waals surface area contributed by atoms with E-state index in [4.69, 9.17) is 11.6 Å². The van der Waals surface area contributed by atoms with Gasteiger partial charge in [0.1, 0.15) is 10.7 Å². The van der Waals surface area contributed by atoms with Gasteiger partial charge in [-0.05, 0) is 67.9 Å². The van der Waals surface area contributed by atoms with Crippen LogP contribution in [0.5, 0.6) is 0 Å². The van der Waals surface area contributed by atoms with Gasteiger partial charge < -0.3 is 0 Å². The van der Waals surface area contributed by atoms with Gasteiger partial charge >= 0.3 is 6.18 Å². The molecule has 34 heavy (non-hydrogen) atoms. The summed E-state index contributed by atoms with van der Waals surface area (Å²) in [6.45, 7) is 3.28. The fourth-order valence-electron chi connectivity index (χ4n) is 3.53. The fourth-order valence-corrected chi connectivity index (χ4v) is 5.19. The summed E-state index contributed by atoms with van der Waals surface area (Å²) in [4.78, 5) is 16.8. The van der Waals surface area contributed by atoms with Gasteiger partial charge in [0.15, 0.2) is 0 Å². The highest BCUT2D eigenvalue weighted by Gasteiger charge is 2.33. The Morgan fingerprint density at radius 1 is 1.00 bits per heavy atom. The fraction of sp³-hybridized carbons (Fsp3) is 0.130. The van der Waals surface area contributed by atoms with E-state index in [1.54, 1.807) is 44.2 Å². The summed E-state index contributed by atoms with van der Waals surface area (Å²) in [7, 11) is -4.43. The van der Waals surface area contributed by atoms with Crippen LogP contribution in [0.25, 0.3) is 16.6 Å².